The second kappa shape index (κ2) is 3.37. The third kappa shape index (κ3) is 1.90. The average Bonchev–Trinajstić information content (AvgIpc) is 2.17. The summed E-state index contributed by atoms with van der Waals surface area (Å²) in [6.45, 7) is 0. The van der Waals surface area contributed by atoms with Crippen molar-refractivity contribution in [1.29, 1.82) is 0 Å². The molecule has 0 fully saturated rings. The molecule has 0 aromatic carbocycles. The highest BCUT2D eigenvalue weighted by molar-refractivity contribution is 5.55. The van der Waals surface area contributed by atoms with Gasteiger partial charge >= 0.3 is 0 Å². The monoisotopic (exact) mass is 204 g/mol. The van der Waals surface area contributed by atoms with Gasteiger partial charge in [-0.2, -0.15) is 19.7 Å². The molecule has 0 bridgehead atoms. The van der Waals surface area contributed by atoms with Crippen LogP contribution < -0.4 is 16.2 Å². The van der Waals surface area contributed by atoms with Gasteiger partial charge in [0.15, 0.2) is 18.2 Å². The van der Waals surface area contributed by atoms with E-state index in [-0.39, 0.29) is 11.9 Å². The summed E-state index contributed by atoms with van der Waals surface area (Å²) in [5, 5.41) is 10.8. The van der Waals surface area contributed by atoms with Crippen molar-refractivity contribution >= 4 is 11.9 Å². The van der Waals surface area contributed by atoms with Crippen LogP contribution in [-0.2, 0) is 0 Å². The lowest BCUT2D eigenvalue weighted by Crippen LogP contribution is -2.23. The zero-order chi connectivity index (χ0) is 10.8. The summed E-state index contributed by atoms with van der Waals surface area (Å²) in [4.78, 5) is 11.4. The second-order valence-corrected chi connectivity index (χ2v) is 2.82. The van der Waals surface area contributed by atoms with Crippen LogP contribution in [0.15, 0.2) is 24.5 Å². The highest BCUT2D eigenvalue weighted by Gasteiger charge is 2.05. The summed E-state index contributed by atoms with van der Waals surface area (Å²) >= 11 is 0. The molecular weight excluding hydrogens is 196 g/mol. The predicted molar refractivity (Wildman–Crippen MR) is 53.0 cm³/mol. The van der Waals surface area contributed by atoms with Crippen molar-refractivity contribution in [3.8, 4) is 11.4 Å². The Morgan fingerprint density at radius 3 is 2.07 bits per heavy atom. The number of nitrogens with zero attached hydrogens (tertiary/aromatic N) is 4. The number of hydrogen-bond acceptors (Lipinski definition) is 6. The van der Waals surface area contributed by atoms with Gasteiger partial charge in [0.2, 0.25) is 11.9 Å². The summed E-state index contributed by atoms with van der Waals surface area (Å²) in [5.41, 5.74) is 11.5. The zero-order valence-corrected chi connectivity index (χ0v) is 7.66. The molecule has 0 radical (unpaired) electrons. The predicted octanol–water partition coefficient (Wildman–Crippen LogP) is -0.664. The molecule has 4 N–H and O–H groups in total. The third-order valence-corrected chi connectivity index (χ3v) is 1.73. The molecule has 0 aliphatic rings. The van der Waals surface area contributed by atoms with Crippen LogP contribution in [0.5, 0.6) is 0 Å². The molecule has 0 aliphatic heterocycles. The lowest BCUT2D eigenvalue weighted by atomic mass is 10.2. The van der Waals surface area contributed by atoms with Gasteiger partial charge in [0, 0.05) is 17.7 Å². The number of nitrogen functional groups attached to an aromatic ring is 2. The molecule has 7 nitrogen and oxygen atoms in total. The fourth-order valence-electron chi connectivity index (χ4n) is 1.10. The van der Waals surface area contributed by atoms with E-state index >= 15 is 0 Å². The van der Waals surface area contributed by atoms with Crippen LogP contribution in [0.2, 0.25) is 0 Å². The largest absolute Gasteiger partial charge is 0.619 e. The van der Waals surface area contributed by atoms with E-state index in [0.717, 1.165) is 0 Å². The van der Waals surface area contributed by atoms with Crippen molar-refractivity contribution in [2.24, 2.45) is 0 Å². The van der Waals surface area contributed by atoms with Crippen LogP contribution in [-0.4, -0.2) is 15.0 Å². The highest BCUT2D eigenvalue weighted by atomic mass is 16.5. The Balaban J connectivity index is 2.49. The average molecular weight is 204 g/mol. The first-order valence-corrected chi connectivity index (χ1v) is 4.11. The Labute approximate surface area is 85.0 Å². The van der Waals surface area contributed by atoms with E-state index in [9.17, 15) is 5.21 Å². The van der Waals surface area contributed by atoms with Crippen LogP contribution in [0.3, 0.4) is 0 Å². The van der Waals surface area contributed by atoms with Gasteiger partial charge in [-0.05, 0) is 0 Å². The van der Waals surface area contributed by atoms with E-state index in [1.165, 1.54) is 12.4 Å². The van der Waals surface area contributed by atoms with Crippen molar-refractivity contribution in [3.63, 3.8) is 0 Å². The van der Waals surface area contributed by atoms with Crippen LogP contribution in [0.4, 0.5) is 11.9 Å². The third-order valence-electron chi connectivity index (χ3n) is 1.73. The quantitative estimate of drug-likeness (QED) is 0.470. The minimum absolute atomic E-state index is 0.0522. The molecule has 2 rings (SSSR count). The molecule has 7 heteroatoms. The van der Waals surface area contributed by atoms with Gasteiger partial charge in [0.1, 0.15) is 0 Å². The second-order valence-electron chi connectivity index (χ2n) is 2.82. The topological polar surface area (TPSA) is 118 Å². The van der Waals surface area contributed by atoms with Gasteiger partial charge in [0.25, 0.3) is 0 Å². The van der Waals surface area contributed by atoms with Crippen molar-refractivity contribution in [2.75, 3.05) is 11.5 Å². The van der Waals surface area contributed by atoms with E-state index in [1.807, 2.05) is 0 Å². The molecule has 0 saturated heterocycles. The molecule has 2 heterocycles. The molecular formula is C8H8N6O. The van der Waals surface area contributed by atoms with E-state index in [0.29, 0.717) is 16.1 Å². The van der Waals surface area contributed by atoms with E-state index in [4.69, 9.17) is 11.5 Å². The molecule has 76 valence electrons. The minimum atomic E-state index is 0.0522. The van der Waals surface area contributed by atoms with E-state index in [2.05, 4.69) is 15.0 Å². The van der Waals surface area contributed by atoms with Crippen molar-refractivity contribution < 1.29 is 4.73 Å². The minimum Gasteiger partial charge on any atom is -0.619 e. The first-order valence-electron chi connectivity index (χ1n) is 4.11. The first kappa shape index (κ1) is 9.13. The Morgan fingerprint density at radius 2 is 1.53 bits per heavy atom. The number of rotatable bonds is 1. The number of pyridine rings is 1. The van der Waals surface area contributed by atoms with Crippen molar-refractivity contribution in [1.82, 2.24) is 15.0 Å². The molecule has 0 atom stereocenters. The van der Waals surface area contributed by atoms with Gasteiger partial charge in [-0.1, -0.05) is 0 Å². The summed E-state index contributed by atoms with van der Waals surface area (Å²) in [6.07, 6.45) is 2.68. The Morgan fingerprint density at radius 1 is 1.00 bits per heavy atom. The summed E-state index contributed by atoms with van der Waals surface area (Å²) in [6, 6.07) is 3.14. The number of hydrogen-bond donors (Lipinski definition) is 2. The van der Waals surface area contributed by atoms with Gasteiger partial charge in [-0.25, -0.2) is 0 Å². The molecule has 0 unspecified atom stereocenters. The van der Waals surface area contributed by atoms with E-state index < -0.39 is 0 Å². The van der Waals surface area contributed by atoms with Crippen molar-refractivity contribution in [2.45, 2.75) is 0 Å². The van der Waals surface area contributed by atoms with Crippen LogP contribution in [0.25, 0.3) is 11.4 Å². The SMILES string of the molecule is Nc1nc(N)nc(-c2cc[n+]([O-])cc2)n1. The van der Waals surface area contributed by atoms with Gasteiger partial charge in [-0.3, -0.25) is 0 Å². The summed E-state index contributed by atoms with van der Waals surface area (Å²) in [5.74, 6) is 0.452. The summed E-state index contributed by atoms with van der Waals surface area (Å²) in [7, 11) is 0. The van der Waals surface area contributed by atoms with Crippen LogP contribution in [0, 0.1) is 5.21 Å². The van der Waals surface area contributed by atoms with Crippen LogP contribution >= 0.6 is 0 Å². The highest BCUT2D eigenvalue weighted by Crippen LogP contribution is 2.13. The number of aromatic nitrogens is 4. The number of anilines is 2. The number of nitrogens with two attached hydrogens (primary N) is 2. The fraction of sp³-hybridized carbons (Fsp3) is 0. The molecule has 0 spiro atoms. The molecule has 0 amide bonds. The van der Waals surface area contributed by atoms with Crippen molar-refractivity contribution in [3.05, 3.63) is 29.7 Å². The van der Waals surface area contributed by atoms with Gasteiger partial charge in [0.05, 0.1) is 0 Å². The first-order chi connectivity index (χ1) is 7.15. The Hall–Kier alpha value is -2.44. The Kier molecular flexibility index (Phi) is 2.05. The fourth-order valence-corrected chi connectivity index (χ4v) is 1.10. The lowest BCUT2D eigenvalue weighted by Gasteiger charge is -2.01. The maximum Gasteiger partial charge on any atom is 0.225 e. The maximum absolute atomic E-state index is 10.8. The van der Waals surface area contributed by atoms with Gasteiger partial charge in [-0.15, -0.1) is 0 Å². The maximum atomic E-state index is 10.8. The zero-order valence-electron chi connectivity index (χ0n) is 7.66. The van der Waals surface area contributed by atoms with Gasteiger partial charge < -0.3 is 16.7 Å². The molecule has 2 aromatic heterocycles. The molecule has 2 aromatic rings. The normalized spacial score (nSPS) is 10.1. The Bertz CT molecular complexity index is 463. The lowest BCUT2D eigenvalue weighted by molar-refractivity contribution is -0.605. The van der Waals surface area contributed by atoms with Crippen LogP contribution in [0.1, 0.15) is 0 Å². The summed E-state index contributed by atoms with van der Waals surface area (Å²) < 4.78 is 0.664. The molecule has 15 heavy (non-hydrogen) atoms. The van der Waals surface area contributed by atoms with E-state index in [1.54, 1.807) is 12.1 Å². The standard InChI is InChI=1S/C8H8N6O/c9-7-11-6(12-8(10)13-7)5-1-3-14(15)4-2-5/h1-4H,(H4,9,10,11,12,13). The molecule has 0 saturated carbocycles. The smallest absolute Gasteiger partial charge is 0.225 e. The molecule has 0 aliphatic carbocycles.